The number of aromatic nitrogens is 1. The molecule has 0 aliphatic rings. The van der Waals surface area contributed by atoms with Gasteiger partial charge in [-0.2, -0.15) is 0 Å². The molecule has 114 valence electrons. The summed E-state index contributed by atoms with van der Waals surface area (Å²) in [4.78, 5) is 0. The molecule has 1 unspecified atom stereocenters. The zero-order chi connectivity index (χ0) is 15.4. The molecule has 1 aromatic carbocycles. The van der Waals surface area contributed by atoms with E-state index in [1.807, 2.05) is 26.8 Å². The molecule has 0 saturated heterocycles. The fourth-order valence-corrected chi connectivity index (χ4v) is 2.15. The molecule has 21 heavy (non-hydrogen) atoms. The summed E-state index contributed by atoms with van der Waals surface area (Å²) in [5, 5.41) is 3.87. The highest BCUT2D eigenvalue weighted by atomic mass is 19.1. The van der Waals surface area contributed by atoms with Gasteiger partial charge in [0.25, 0.3) is 0 Å². The third-order valence-electron chi connectivity index (χ3n) is 3.60. The van der Waals surface area contributed by atoms with Crippen LogP contribution in [0, 0.1) is 19.7 Å². The molecule has 4 nitrogen and oxygen atoms in total. The first kappa shape index (κ1) is 15.5. The lowest BCUT2D eigenvalue weighted by atomic mass is 10.0. The van der Waals surface area contributed by atoms with E-state index in [9.17, 15) is 4.39 Å². The number of rotatable bonds is 6. The van der Waals surface area contributed by atoms with Crippen LogP contribution in [0.1, 0.15) is 35.9 Å². The van der Waals surface area contributed by atoms with Gasteiger partial charge in [0.05, 0.1) is 11.3 Å². The molecular weight excluding hydrogens is 271 g/mol. The zero-order valence-electron chi connectivity index (χ0n) is 12.6. The fraction of sp³-hybridized carbons (Fsp3) is 0.438. The smallest absolute Gasteiger partial charge is 0.165 e. The highest BCUT2D eigenvalue weighted by Crippen LogP contribution is 2.26. The molecule has 0 aliphatic carbocycles. The lowest BCUT2D eigenvalue weighted by Crippen LogP contribution is -2.22. The number of ether oxygens (including phenoxy) is 1. The second kappa shape index (κ2) is 6.72. The van der Waals surface area contributed by atoms with Crippen molar-refractivity contribution in [3.63, 3.8) is 0 Å². The van der Waals surface area contributed by atoms with Crippen molar-refractivity contribution < 1.29 is 13.7 Å². The van der Waals surface area contributed by atoms with Crippen molar-refractivity contribution in [2.45, 2.75) is 46.3 Å². The Morgan fingerprint density at radius 3 is 2.76 bits per heavy atom. The van der Waals surface area contributed by atoms with Crippen LogP contribution in [0.3, 0.4) is 0 Å². The van der Waals surface area contributed by atoms with Crippen molar-refractivity contribution in [2.75, 3.05) is 0 Å². The number of hydrogen-bond donors (Lipinski definition) is 1. The van der Waals surface area contributed by atoms with E-state index in [0.717, 1.165) is 23.2 Å². The number of nitrogens with two attached hydrogens (primary N) is 1. The van der Waals surface area contributed by atoms with Crippen LogP contribution in [0.5, 0.6) is 5.75 Å². The predicted octanol–water partition coefficient (Wildman–Crippen LogP) is 3.29. The van der Waals surface area contributed by atoms with Crippen LogP contribution in [0.4, 0.5) is 4.39 Å². The Hall–Kier alpha value is -1.88. The highest BCUT2D eigenvalue weighted by molar-refractivity contribution is 5.36. The molecule has 5 heteroatoms. The quantitative estimate of drug-likeness (QED) is 0.887. The summed E-state index contributed by atoms with van der Waals surface area (Å²) in [5.41, 5.74) is 8.36. The number of aryl methyl sites for hydroxylation is 2. The molecule has 0 bridgehead atoms. The third kappa shape index (κ3) is 3.61. The largest absolute Gasteiger partial charge is 0.485 e. The SMILES string of the molecule is CCC(N)Cc1cccc(F)c1OCc1c(C)noc1C. The average Bonchev–Trinajstić information content (AvgIpc) is 2.77. The van der Waals surface area contributed by atoms with Crippen LogP contribution < -0.4 is 10.5 Å². The van der Waals surface area contributed by atoms with Gasteiger partial charge in [-0.15, -0.1) is 0 Å². The van der Waals surface area contributed by atoms with Crippen molar-refractivity contribution in [2.24, 2.45) is 5.73 Å². The van der Waals surface area contributed by atoms with Crippen LogP contribution in [-0.2, 0) is 13.0 Å². The van der Waals surface area contributed by atoms with Gasteiger partial charge in [-0.25, -0.2) is 4.39 Å². The molecule has 1 aromatic heterocycles. The van der Waals surface area contributed by atoms with Gasteiger partial charge in [-0.05, 0) is 38.3 Å². The number of para-hydroxylation sites is 1. The van der Waals surface area contributed by atoms with Gasteiger partial charge in [0, 0.05) is 6.04 Å². The van der Waals surface area contributed by atoms with Crippen LogP contribution in [0.2, 0.25) is 0 Å². The fourth-order valence-electron chi connectivity index (χ4n) is 2.15. The number of benzene rings is 1. The lowest BCUT2D eigenvalue weighted by Gasteiger charge is -2.15. The van der Waals surface area contributed by atoms with Crippen molar-refractivity contribution >= 4 is 0 Å². The maximum absolute atomic E-state index is 14.0. The van der Waals surface area contributed by atoms with E-state index in [4.69, 9.17) is 15.0 Å². The predicted molar refractivity (Wildman–Crippen MR) is 78.7 cm³/mol. The van der Waals surface area contributed by atoms with Gasteiger partial charge in [-0.1, -0.05) is 24.2 Å². The molecule has 0 aliphatic heterocycles. The Bertz CT molecular complexity index is 591. The average molecular weight is 292 g/mol. The van der Waals surface area contributed by atoms with E-state index in [0.29, 0.717) is 12.2 Å². The Kier molecular flexibility index (Phi) is 4.96. The Labute approximate surface area is 124 Å². The molecule has 1 atom stereocenters. The molecule has 0 amide bonds. The van der Waals surface area contributed by atoms with E-state index in [-0.39, 0.29) is 24.2 Å². The van der Waals surface area contributed by atoms with Gasteiger partial charge < -0.3 is 15.0 Å². The summed E-state index contributed by atoms with van der Waals surface area (Å²) >= 11 is 0. The minimum absolute atomic E-state index is 0.00628. The second-order valence-corrected chi connectivity index (χ2v) is 5.19. The maximum atomic E-state index is 14.0. The van der Waals surface area contributed by atoms with Crippen molar-refractivity contribution in [1.82, 2.24) is 5.16 Å². The van der Waals surface area contributed by atoms with Gasteiger partial charge in [0.1, 0.15) is 12.4 Å². The number of halogens is 1. The molecule has 0 spiro atoms. The summed E-state index contributed by atoms with van der Waals surface area (Å²) in [5.74, 6) is 0.583. The molecule has 1 heterocycles. The van der Waals surface area contributed by atoms with E-state index < -0.39 is 0 Å². The topological polar surface area (TPSA) is 61.3 Å². The molecule has 2 N–H and O–H groups in total. The molecular formula is C16H21FN2O2. The molecule has 0 fully saturated rings. The Morgan fingerprint density at radius 1 is 1.38 bits per heavy atom. The number of nitrogens with zero attached hydrogens (tertiary/aromatic N) is 1. The van der Waals surface area contributed by atoms with Crippen LogP contribution in [-0.4, -0.2) is 11.2 Å². The first-order valence-electron chi connectivity index (χ1n) is 7.10. The van der Waals surface area contributed by atoms with Gasteiger partial charge >= 0.3 is 0 Å². The normalized spacial score (nSPS) is 12.4. The number of hydrogen-bond acceptors (Lipinski definition) is 4. The van der Waals surface area contributed by atoms with Crippen molar-refractivity contribution in [1.29, 1.82) is 0 Å². The summed E-state index contributed by atoms with van der Waals surface area (Å²) in [7, 11) is 0. The van der Waals surface area contributed by atoms with E-state index in [1.54, 1.807) is 6.07 Å². The van der Waals surface area contributed by atoms with Crippen LogP contribution in [0.25, 0.3) is 0 Å². The maximum Gasteiger partial charge on any atom is 0.165 e. The van der Waals surface area contributed by atoms with E-state index in [2.05, 4.69) is 5.16 Å². The molecule has 2 rings (SSSR count). The van der Waals surface area contributed by atoms with Gasteiger partial charge in [0.2, 0.25) is 0 Å². The lowest BCUT2D eigenvalue weighted by molar-refractivity contribution is 0.282. The van der Waals surface area contributed by atoms with Crippen LogP contribution in [0.15, 0.2) is 22.7 Å². The Balaban J connectivity index is 2.19. The van der Waals surface area contributed by atoms with Crippen LogP contribution >= 0.6 is 0 Å². The standard InChI is InChI=1S/C16H21FN2O2/c1-4-13(18)8-12-6-5-7-15(17)16(12)20-9-14-10(2)19-21-11(14)3/h5-7,13H,4,8-9,18H2,1-3H3. The summed E-state index contributed by atoms with van der Waals surface area (Å²) in [6.07, 6.45) is 1.42. The zero-order valence-corrected chi connectivity index (χ0v) is 12.6. The summed E-state index contributed by atoms with van der Waals surface area (Å²) in [6, 6.07) is 4.91. The molecule has 2 aromatic rings. The monoisotopic (exact) mass is 292 g/mol. The molecule has 0 saturated carbocycles. The third-order valence-corrected chi connectivity index (χ3v) is 3.60. The van der Waals surface area contributed by atoms with E-state index in [1.165, 1.54) is 6.07 Å². The van der Waals surface area contributed by atoms with Crippen molar-refractivity contribution in [3.8, 4) is 5.75 Å². The minimum atomic E-state index is -0.373. The second-order valence-electron chi connectivity index (χ2n) is 5.19. The van der Waals surface area contributed by atoms with Crippen molar-refractivity contribution in [3.05, 3.63) is 46.6 Å². The molecule has 0 radical (unpaired) electrons. The van der Waals surface area contributed by atoms with Gasteiger partial charge in [-0.3, -0.25) is 0 Å². The summed E-state index contributed by atoms with van der Waals surface area (Å²) < 4.78 is 24.8. The minimum Gasteiger partial charge on any atom is -0.485 e. The Morgan fingerprint density at radius 2 is 2.14 bits per heavy atom. The van der Waals surface area contributed by atoms with Gasteiger partial charge in [0.15, 0.2) is 11.6 Å². The summed E-state index contributed by atoms with van der Waals surface area (Å²) in [6.45, 7) is 5.89. The van der Waals surface area contributed by atoms with E-state index >= 15 is 0 Å². The first-order valence-corrected chi connectivity index (χ1v) is 7.10. The first-order chi connectivity index (χ1) is 10.0. The highest BCUT2D eigenvalue weighted by Gasteiger charge is 2.15.